The topological polar surface area (TPSA) is 240 Å². The molecule has 3 amide bonds. The van der Waals surface area contributed by atoms with Crippen molar-refractivity contribution in [2.75, 3.05) is 152 Å². The molecule has 7 heterocycles. The van der Waals surface area contributed by atoms with Crippen LogP contribution in [0.25, 0.3) is 22.4 Å². The van der Waals surface area contributed by atoms with Gasteiger partial charge in [0.15, 0.2) is 11.4 Å². The quantitative estimate of drug-likeness (QED) is 0.0257. The number of rotatable bonds is 33. The van der Waals surface area contributed by atoms with E-state index in [2.05, 4.69) is 50.5 Å². The first kappa shape index (κ1) is 66.7. The smallest absolute Gasteiger partial charge is 0.420 e. The van der Waals surface area contributed by atoms with Crippen LogP contribution in [-0.2, 0) is 42.7 Å². The Morgan fingerprint density at radius 1 is 0.742 bits per heavy atom. The van der Waals surface area contributed by atoms with Gasteiger partial charge in [0, 0.05) is 99.5 Å². The molecule has 3 aliphatic rings. The molecule has 4 aromatic heterocycles. The molecule has 3 N–H and O–H groups in total. The Hall–Kier alpha value is -6.72. The molecule has 23 nitrogen and oxygen atoms in total. The van der Waals surface area contributed by atoms with Gasteiger partial charge >= 0.3 is 5.57 Å². The molecule has 3 aliphatic heterocycles. The summed E-state index contributed by atoms with van der Waals surface area (Å²) in [6.07, 6.45) is 9.23. The predicted molar refractivity (Wildman–Crippen MR) is 334 cm³/mol. The van der Waals surface area contributed by atoms with Gasteiger partial charge in [-0.3, -0.25) is 14.4 Å². The monoisotopic (exact) mass is 1290 g/mol. The van der Waals surface area contributed by atoms with Crippen LogP contribution in [0.2, 0.25) is 5.02 Å². The highest BCUT2D eigenvalue weighted by atomic mass is 35.5. The summed E-state index contributed by atoms with van der Waals surface area (Å²) in [7, 11) is 0. The van der Waals surface area contributed by atoms with E-state index >= 15 is 0 Å². The number of benzene rings is 2. The number of amides is 3. The molecule has 89 heavy (non-hydrogen) atoms. The molecule has 0 aliphatic carbocycles. The van der Waals surface area contributed by atoms with Crippen molar-refractivity contribution in [3.63, 3.8) is 0 Å². The third-order valence-corrected chi connectivity index (χ3v) is 16.2. The van der Waals surface area contributed by atoms with Gasteiger partial charge < -0.3 is 68.5 Å². The molecular weight excluding hydrogens is 1220 g/mol. The molecule has 1 unspecified atom stereocenters. The molecular formula is C61H76Cl2F2N12O11S. The molecule has 9 rings (SSSR count). The van der Waals surface area contributed by atoms with Gasteiger partial charge in [-0.05, 0) is 87.4 Å². The van der Waals surface area contributed by atoms with Crippen molar-refractivity contribution in [1.82, 2.24) is 39.9 Å². The van der Waals surface area contributed by atoms with Crippen LogP contribution < -0.4 is 30.5 Å². The molecule has 28 heteroatoms. The van der Waals surface area contributed by atoms with Crippen LogP contribution in [0.4, 0.5) is 37.1 Å². The Morgan fingerprint density at radius 2 is 1.42 bits per heavy atom. The number of carbonyl (C=O) groups excluding carboxylic acids is 3. The minimum Gasteiger partial charge on any atom is -0.420 e. The van der Waals surface area contributed by atoms with Crippen LogP contribution in [0.5, 0.6) is 5.75 Å². The number of carbonyl (C=O) groups is 3. The Bertz CT molecular complexity index is 3200. The zero-order chi connectivity index (χ0) is 62.4. The standard InChI is InChI=1S/C61H76Cl2F2N12O11S/c1-42-6-5-7-49(62)56(42)73-59(80)51-41-68-60(89-51)72-52-39-53(71-43(2)70-52)74-21-23-75(24-22-74)54(78)16-26-81-28-30-83-32-34-85-36-37-86-35-33-84-31-29-82-27-18-66-58(79)45-14-19-76(20-15-45)57-48(50-13-17-69-77(50)55-8-3-4-25-87-55)38-46(40-67-57)44-9-11-47(12-10-44)88-61(63,64)65/h5-7,9-13,17,38-41,45,55H,3-4,8,14-16,18-37H2,1-2H3,(H,66,79)(H,73,80)(H,68,70,71,72). The van der Waals surface area contributed by atoms with Crippen molar-refractivity contribution >= 4 is 80.5 Å². The van der Waals surface area contributed by atoms with Crippen LogP contribution in [0.1, 0.15) is 65.8 Å². The second kappa shape index (κ2) is 33.9. The number of nitrogens with one attached hydrogen (secondary N) is 3. The second-order valence-electron chi connectivity index (χ2n) is 21.2. The molecule has 3 fully saturated rings. The third kappa shape index (κ3) is 20.4. The average molecular weight is 1290 g/mol. The van der Waals surface area contributed by atoms with Crippen molar-refractivity contribution in [3.8, 4) is 28.1 Å². The summed E-state index contributed by atoms with van der Waals surface area (Å²) in [5.74, 6) is 2.11. The van der Waals surface area contributed by atoms with Gasteiger partial charge in [-0.1, -0.05) is 47.2 Å². The maximum Gasteiger partial charge on any atom is 0.487 e. The van der Waals surface area contributed by atoms with Crippen molar-refractivity contribution in [1.29, 1.82) is 0 Å². The number of halogens is 4. The lowest BCUT2D eigenvalue weighted by molar-refractivity contribution is -0.132. The van der Waals surface area contributed by atoms with Crippen molar-refractivity contribution in [2.45, 2.75) is 64.2 Å². The number of ether oxygens (including phenoxy) is 8. The van der Waals surface area contributed by atoms with Crippen molar-refractivity contribution in [3.05, 3.63) is 101 Å². The van der Waals surface area contributed by atoms with Gasteiger partial charge in [-0.15, -0.1) is 8.78 Å². The van der Waals surface area contributed by atoms with E-state index in [1.54, 1.807) is 30.6 Å². The minimum atomic E-state index is -3.82. The second-order valence-corrected chi connectivity index (χ2v) is 23.1. The third-order valence-electron chi connectivity index (χ3n) is 14.9. The summed E-state index contributed by atoms with van der Waals surface area (Å²) in [5, 5.41) is 14.7. The van der Waals surface area contributed by atoms with Crippen LogP contribution in [0.3, 0.4) is 0 Å². The van der Waals surface area contributed by atoms with E-state index in [-0.39, 0.29) is 42.0 Å². The fourth-order valence-electron chi connectivity index (χ4n) is 10.3. The van der Waals surface area contributed by atoms with E-state index in [9.17, 15) is 23.2 Å². The lowest BCUT2D eigenvalue weighted by Gasteiger charge is -2.35. The van der Waals surface area contributed by atoms with E-state index in [0.29, 0.717) is 177 Å². The molecule has 0 bridgehead atoms. The number of anilines is 5. The van der Waals surface area contributed by atoms with Gasteiger partial charge in [-0.25, -0.2) is 24.6 Å². The van der Waals surface area contributed by atoms with E-state index in [1.807, 2.05) is 53.8 Å². The van der Waals surface area contributed by atoms with Gasteiger partial charge in [0.2, 0.25) is 11.8 Å². The lowest BCUT2D eigenvalue weighted by atomic mass is 9.95. The molecule has 3 saturated heterocycles. The maximum absolute atomic E-state index is 13.3. The molecule has 0 saturated carbocycles. The number of nitrogens with zero attached hydrogens (tertiary/aromatic N) is 9. The van der Waals surface area contributed by atoms with Crippen LogP contribution in [-0.4, -0.2) is 190 Å². The number of aryl methyl sites for hydroxylation is 2. The maximum atomic E-state index is 13.3. The first-order valence-corrected chi connectivity index (χ1v) is 31.5. The first-order chi connectivity index (χ1) is 43.2. The summed E-state index contributed by atoms with van der Waals surface area (Å²) >= 11 is 12.5. The first-order valence-electron chi connectivity index (χ1n) is 29.9. The summed E-state index contributed by atoms with van der Waals surface area (Å²) in [6.45, 7) is 12.9. The summed E-state index contributed by atoms with van der Waals surface area (Å²) in [6, 6.07) is 17.5. The Morgan fingerprint density at radius 3 is 2.07 bits per heavy atom. The van der Waals surface area contributed by atoms with Gasteiger partial charge in [0.25, 0.3) is 5.91 Å². The van der Waals surface area contributed by atoms with E-state index in [0.717, 1.165) is 58.8 Å². The summed E-state index contributed by atoms with van der Waals surface area (Å²) < 4.78 is 72.9. The van der Waals surface area contributed by atoms with Crippen molar-refractivity contribution < 1.29 is 61.1 Å². The predicted octanol–water partition coefficient (Wildman–Crippen LogP) is 9.16. The Kier molecular flexibility index (Phi) is 25.4. The fraction of sp³-hybridized carbons (Fsp3) is 0.508. The number of piperidine rings is 1. The molecule has 1 atom stereocenters. The van der Waals surface area contributed by atoms with E-state index in [4.69, 9.17) is 61.3 Å². The van der Waals surface area contributed by atoms with Gasteiger partial charge in [-0.2, -0.15) is 5.10 Å². The number of alkyl halides is 3. The number of para-hydroxylation sites is 1. The van der Waals surface area contributed by atoms with Gasteiger partial charge in [0.1, 0.15) is 33.9 Å². The van der Waals surface area contributed by atoms with Crippen LogP contribution in [0, 0.1) is 19.8 Å². The SMILES string of the molecule is Cc1nc(Nc2ncc(C(=O)Nc3c(C)cccc3Cl)s2)cc(N2CCN(C(=O)CCOCCOCCOCCOCCOCCOCCNC(=O)C3CCN(c4ncc(-c5ccc(OC(F)(F)Cl)cc5)cc4-c4ccnn4C4CCCCO4)CC3)CC2)n1. The summed E-state index contributed by atoms with van der Waals surface area (Å²) in [4.78, 5) is 64.2. The number of hydrogen-bond acceptors (Lipinski definition) is 20. The van der Waals surface area contributed by atoms with E-state index in [1.165, 1.54) is 29.7 Å². The summed E-state index contributed by atoms with van der Waals surface area (Å²) in [5.41, 5.74) is 0.823. The molecule has 2 aromatic carbocycles. The zero-order valence-corrected chi connectivity index (χ0v) is 52.3. The molecule has 0 radical (unpaired) electrons. The van der Waals surface area contributed by atoms with Crippen LogP contribution in [0.15, 0.2) is 79.3 Å². The number of hydrogen-bond donors (Lipinski definition) is 3. The number of thiazole rings is 1. The van der Waals surface area contributed by atoms with Crippen molar-refractivity contribution in [2.24, 2.45) is 5.92 Å². The Balaban J connectivity index is 0.554. The van der Waals surface area contributed by atoms with Gasteiger partial charge in [0.05, 0.1) is 108 Å². The molecule has 480 valence electrons. The largest absolute Gasteiger partial charge is 0.487 e. The highest BCUT2D eigenvalue weighted by molar-refractivity contribution is 7.17. The highest BCUT2D eigenvalue weighted by Gasteiger charge is 2.31. The van der Waals surface area contributed by atoms with Crippen LogP contribution >= 0.6 is 34.5 Å². The fourth-order valence-corrected chi connectivity index (χ4v) is 11.4. The average Bonchev–Trinajstić information content (AvgIpc) is 2.96. The Labute approximate surface area is 529 Å². The normalized spacial score (nSPS) is 15.8. The lowest BCUT2D eigenvalue weighted by Crippen LogP contribution is -2.49. The minimum absolute atomic E-state index is 0.00770. The molecule has 0 spiro atoms. The number of pyridine rings is 1. The zero-order valence-electron chi connectivity index (χ0n) is 50.0. The number of piperazine rings is 1. The molecule has 6 aromatic rings. The van der Waals surface area contributed by atoms with E-state index < -0.39 is 5.57 Å². The number of aromatic nitrogens is 6. The highest BCUT2D eigenvalue weighted by Crippen LogP contribution is 2.38.